The predicted octanol–water partition coefficient (Wildman–Crippen LogP) is 2.93. The van der Waals surface area contributed by atoms with Crippen molar-refractivity contribution >= 4 is 33.4 Å². The van der Waals surface area contributed by atoms with Crippen LogP contribution in [0.1, 0.15) is 10.4 Å². The van der Waals surface area contributed by atoms with E-state index in [-0.39, 0.29) is 10.6 Å². The van der Waals surface area contributed by atoms with Crippen LogP contribution in [0.15, 0.2) is 46.2 Å². The summed E-state index contributed by atoms with van der Waals surface area (Å²) in [5.74, 6) is 0.232. The van der Waals surface area contributed by atoms with Gasteiger partial charge >= 0.3 is 0 Å². The van der Waals surface area contributed by atoms with Gasteiger partial charge in [-0.05, 0) is 42.7 Å². The SMILES string of the molecule is COc1cc(SC)ccc1C(=O)Nc1ccc(OC)c(S(=O)(=O)N(C)C)c1. The number of anilines is 1. The van der Waals surface area contributed by atoms with Crippen LogP contribution >= 0.6 is 11.8 Å². The largest absolute Gasteiger partial charge is 0.496 e. The number of nitrogens with zero attached hydrogens (tertiary/aromatic N) is 1. The van der Waals surface area contributed by atoms with Crippen LogP contribution < -0.4 is 14.8 Å². The number of rotatable bonds is 7. The Balaban J connectivity index is 2.40. The molecule has 2 aromatic carbocycles. The first kappa shape index (κ1) is 21.1. The van der Waals surface area contributed by atoms with Crippen molar-refractivity contribution in [3.05, 3.63) is 42.0 Å². The lowest BCUT2D eigenvalue weighted by Gasteiger charge is -2.16. The maximum absolute atomic E-state index is 12.7. The highest BCUT2D eigenvalue weighted by atomic mass is 32.2. The first-order valence-electron chi connectivity index (χ1n) is 7.88. The number of sulfonamides is 1. The van der Waals surface area contributed by atoms with Crippen LogP contribution in [-0.4, -0.2) is 53.2 Å². The summed E-state index contributed by atoms with van der Waals surface area (Å²) in [7, 11) is 2.00. The van der Waals surface area contributed by atoms with Gasteiger partial charge in [0, 0.05) is 24.7 Å². The fourth-order valence-electron chi connectivity index (χ4n) is 2.34. The average molecular weight is 411 g/mol. The molecule has 2 aromatic rings. The lowest BCUT2D eigenvalue weighted by molar-refractivity contribution is 0.102. The molecular formula is C18H22N2O5S2. The highest BCUT2D eigenvalue weighted by Crippen LogP contribution is 2.30. The Morgan fingerprint density at radius 2 is 1.70 bits per heavy atom. The smallest absolute Gasteiger partial charge is 0.259 e. The second-order valence-corrected chi connectivity index (χ2v) is 8.67. The Kier molecular flexibility index (Phi) is 6.74. The molecule has 0 aromatic heterocycles. The second kappa shape index (κ2) is 8.64. The Labute approximate surface area is 163 Å². The van der Waals surface area contributed by atoms with Gasteiger partial charge in [-0.1, -0.05) is 0 Å². The quantitative estimate of drug-likeness (QED) is 0.707. The lowest BCUT2D eigenvalue weighted by Crippen LogP contribution is -2.23. The van der Waals surface area contributed by atoms with Crippen molar-refractivity contribution in [2.75, 3.05) is 39.9 Å². The maximum atomic E-state index is 12.7. The van der Waals surface area contributed by atoms with Crippen LogP contribution in [0.25, 0.3) is 0 Å². The molecule has 7 nitrogen and oxygen atoms in total. The number of nitrogens with one attached hydrogen (secondary N) is 1. The van der Waals surface area contributed by atoms with E-state index in [1.165, 1.54) is 52.2 Å². The van der Waals surface area contributed by atoms with Crippen LogP contribution in [-0.2, 0) is 10.0 Å². The van der Waals surface area contributed by atoms with E-state index in [0.29, 0.717) is 17.0 Å². The molecule has 9 heteroatoms. The van der Waals surface area contributed by atoms with Gasteiger partial charge in [0.15, 0.2) is 0 Å². The van der Waals surface area contributed by atoms with Crippen LogP contribution in [0.2, 0.25) is 0 Å². The summed E-state index contributed by atoms with van der Waals surface area (Å²) in [6.07, 6.45) is 1.93. The van der Waals surface area contributed by atoms with Crippen molar-refractivity contribution in [1.82, 2.24) is 4.31 Å². The van der Waals surface area contributed by atoms with Crippen molar-refractivity contribution in [3.8, 4) is 11.5 Å². The molecule has 0 aliphatic carbocycles. The van der Waals surface area contributed by atoms with Gasteiger partial charge in [0.2, 0.25) is 10.0 Å². The molecular weight excluding hydrogens is 388 g/mol. The number of carbonyl (C=O) groups excluding carboxylic acids is 1. The average Bonchev–Trinajstić information content (AvgIpc) is 2.67. The Morgan fingerprint density at radius 3 is 2.26 bits per heavy atom. The van der Waals surface area contributed by atoms with E-state index < -0.39 is 15.9 Å². The molecule has 2 rings (SSSR count). The Hall–Kier alpha value is -2.23. The van der Waals surface area contributed by atoms with E-state index in [4.69, 9.17) is 9.47 Å². The fraction of sp³-hybridized carbons (Fsp3) is 0.278. The predicted molar refractivity (Wildman–Crippen MR) is 107 cm³/mol. The number of amides is 1. The molecule has 0 aliphatic rings. The van der Waals surface area contributed by atoms with Crippen LogP contribution in [0.5, 0.6) is 11.5 Å². The lowest BCUT2D eigenvalue weighted by atomic mass is 10.2. The monoisotopic (exact) mass is 410 g/mol. The van der Waals surface area contributed by atoms with Gasteiger partial charge in [-0.2, -0.15) is 0 Å². The number of thioether (sulfide) groups is 1. The standard InChI is InChI=1S/C18H22N2O5S2/c1-20(2)27(22,23)17-10-12(6-9-15(17)24-3)19-18(21)14-8-7-13(26-5)11-16(14)25-4/h6-11H,1-5H3,(H,19,21). The van der Waals surface area contributed by atoms with Gasteiger partial charge in [0.25, 0.3) is 5.91 Å². The molecule has 1 N–H and O–H groups in total. The summed E-state index contributed by atoms with van der Waals surface area (Å²) >= 11 is 1.54. The van der Waals surface area contributed by atoms with Crippen molar-refractivity contribution in [1.29, 1.82) is 0 Å². The molecule has 0 spiro atoms. The Morgan fingerprint density at radius 1 is 1.04 bits per heavy atom. The van der Waals surface area contributed by atoms with Gasteiger partial charge in [-0.3, -0.25) is 4.79 Å². The van der Waals surface area contributed by atoms with Crippen molar-refractivity contribution in [2.24, 2.45) is 0 Å². The molecule has 0 saturated carbocycles. The molecule has 0 fully saturated rings. The summed E-state index contributed by atoms with van der Waals surface area (Å²) in [6, 6.07) is 9.71. The van der Waals surface area contributed by atoms with Gasteiger partial charge in [0.05, 0.1) is 19.8 Å². The Bertz CT molecular complexity index is 943. The zero-order valence-electron chi connectivity index (χ0n) is 15.8. The highest BCUT2D eigenvalue weighted by Gasteiger charge is 2.23. The van der Waals surface area contributed by atoms with E-state index in [1.54, 1.807) is 18.2 Å². The molecule has 0 unspecified atom stereocenters. The first-order valence-corrected chi connectivity index (χ1v) is 10.5. The summed E-state index contributed by atoms with van der Waals surface area (Å²) in [6.45, 7) is 0. The second-order valence-electron chi connectivity index (χ2n) is 5.67. The molecule has 0 aliphatic heterocycles. The van der Waals surface area contributed by atoms with E-state index in [9.17, 15) is 13.2 Å². The van der Waals surface area contributed by atoms with Crippen molar-refractivity contribution in [3.63, 3.8) is 0 Å². The normalized spacial score (nSPS) is 11.3. The topological polar surface area (TPSA) is 84.9 Å². The third kappa shape index (κ3) is 4.55. The number of ether oxygens (including phenoxy) is 2. The van der Waals surface area contributed by atoms with Crippen LogP contribution in [0.4, 0.5) is 5.69 Å². The van der Waals surface area contributed by atoms with Crippen LogP contribution in [0, 0.1) is 0 Å². The molecule has 27 heavy (non-hydrogen) atoms. The van der Waals surface area contributed by atoms with Gasteiger partial charge < -0.3 is 14.8 Å². The third-order valence-electron chi connectivity index (χ3n) is 3.83. The summed E-state index contributed by atoms with van der Waals surface area (Å²) in [5.41, 5.74) is 0.681. The minimum atomic E-state index is -3.73. The molecule has 0 bridgehead atoms. The number of methoxy groups -OCH3 is 2. The first-order chi connectivity index (χ1) is 12.7. The number of hydrogen-bond donors (Lipinski definition) is 1. The third-order valence-corrected chi connectivity index (χ3v) is 6.40. The molecule has 1 amide bonds. The highest BCUT2D eigenvalue weighted by molar-refractivity contribution is 7.98. The van der Waals surface area contributed by atoms with Gasteiger partial charge in [-0.15, -0.1) is 11.8 Å². The fourth-order valence-corrected chi connectivity index (χ4v) is 3.84. The minimum absolute atomic E-state index is 0.0301. The number of hydrogen-bond acceptors (Lipinski definition) is 6. The van der Waals surface area contributed by atoms with Crippen molar-refractivity contribution in [2.45, 2.75) is 9.79 Å². The summed E-state index contributed by atoms with van der Waals surface area (Å²) < 4.78 is 36.5. The number of benzene rings is 2. The molecule has 0 atom stereocenters. The van der Waals surface area contributed by atoms with Crippen LogP contribution in [0.3, 0.4) is 0 Å². The summed E-state index contributed by atoms with van der Waals surface area (Å²) in [5, 5.41) is 2.71. The number of carbonyl (C=O) groups is 1. The molecule has 0 radical (unpaired) electrons. The minimum Gasteiger partial charge on any atom is -0.496 e. The zero-order chi connectivity index (χ0) is 20.2. The van der Waals surface area contributed by atoms with Crippen molar-refractivity contribution < 1.29 is 22.7 Å². The maximum Gasteiger partial charge on any atom is 0.259 e. The van der Waals surface area contributed by atoms with E-state index in [1.807, 2.05) is 12.3 Å². The van der Waals surface area contributed by atoms with E-state index in [0.717, 1.165) is 9.20 Å². The van der Waals surface area contributed by atoms with E-state index in [2.05, 4.69) is 5.32 Å². The summed E-state index contributed by atoms with van der Waals surface area (Å²) in [4.78, 5) is 13.6. The van der Waals surface area contributed by atoms with Gasteiger partial charge in [-0.25, -0.2) is 12.7 Å². The molecule has 0 heterocycles. The molecule has 0 saturated heterocycles. The molecule has 146 valence electrons. The van der Waals surface area contributed by atoms with E-state index >= 15 is 0 Å². The van der Waals surface area contributed by atoms with Gasteiger partial charge in [0.1, 0.15) is 16.4 Å². The zero-order valence-corrected chi connectivity index (χ0v) is 17.4.